The second-order valence-electron chi connectivity index (χ2n) is 3.74. The number of rotatable bonds is 13. The van der Waals surface area contributed by atoms with Gasteiger partial charge in [0.15, 0.2) is 0 Å². The van der Waals surface area contributed by atoms with Gasteiger partial charge in [0.2, 0.25) is 0 Å². The summed E-state index contributed by atoms with van der Waals surface area (Å²) < 4.78 is 15.6. The van der Waals surface area contributed by atoms with Crippen molar-refractivity contribution >= 4 is 0 Å². The third kappa shape index (κ3) is 13.8. The summed E-state index contributed by atoms with van der Waals surface area (Å²) in [6, 6.07) is 0. The van der Waals surface area contributed by atoms with E-state index in [1.807, 2.05) is 7.05 Å². The topological polar surface area (TPSA) is 39.7 Å². The van der Waals surface area contributed by atoms with Gasteiger partial charge in [0.25, 0.3) is 0 Å². The molecule has 0 aromatic rings. The lowest BCUT2D eigenvalue weighted by Gasteiger charge is -2.05. The largest absolute Gasteiger partial charge is 0.382 e. The third-order valence-electron chi connectivity index (χ3n) is 2.27. The fourth-order valence-corrected chi connectivity index (χ4v) is 1.32. The Hall–Kier alpha value is -0.160. The molecule has 0 aromatic carbocycles. The highest BCUT2D eigenvalue weighted by molar-refractivity contribution is 4.45. The van der Waals surface area contributed by atoms with Crippen LogP contribution in [0.3, 0.4) is 0 Å². The van der Waals surface area contributed by atoms with Crippen LogP contribution in [0, 0.1) is 0 Å². The Labute approximate surface area is 99.6 Å². The number of methoxy groups -OCH3 is 1. The van der Waals surface area contributed by atoms with E-state index < -0.39 is 0 Å². The van der Waals surface area contributed by atoms with Crippen molar-refractivity contribution in [3.63, 3.8) is 0 Å². The maximum atomic E-state index is 5.44. The van der Waals surface area contributed by atoms with Crippen LogP contribution < -0.4 is 5.32 Å². The Bertz CT molecular complexity index is 109. The van der Waals surface area contributed by atoms with Gasteiger partial charge in [0, 0.05) is 13.7 Å². The summed E-state index contributed by atoms with van der Waals surface area (Å²) in [5.41, 5.74) is 0. The van der Waals surface area contributed by atoms with Crippen LogP contribution in [0.15, 0.2) is 0 Å². The van der Waals surface area contributed by atoms with Crippen molar-refractivity contribution in [2.75, 3.05) is 53.7 Å². The molecule has 0 rings (SSSR count). The van der Waals surface area contributed by atoms with E-state index in [9.17, 15) is 0 Å². The standard InChI is InChI=1S/C12H27NO3/c1-13-7-5-3-4-6-8-15-11-12-16-10-9-14-2/h13H,3-12H2,1-2H3. The molecule has 98 valence electrons. The first kappa shape index (κ1) is 15.8. The molecule has 0 aliphatic heterocycles. The average molecular weight is 233 g/mol. The van der Waals surface area contributed by atoms with Gasteiger partial charge in [-0.25, -0.2) is 0 Å². The fraction of sp³-hybridized carbons (Fsp3) is 1.00. The molecule has 4 heteroatoms. The van der Waals surface area contributed by atoms with E-state index in [1.54, 1.807) is 7.11 Å². The molecular formula is C12H27NO3. The van der Waals surface area contributed by atoms with Crippen molar-refractivity contribution < 1.29 is 14.2 Å². The van der Waals surface area contributed by atoms with Crippen LogP contribution in [0.5, 0.6) is 0 Å². The zero-order valence-electron chi connectivity index (χ0n) is 10.8. The lowest BCUT2D eigenvalue weighted by molar-refractivity contribution is 0.0239. The molecule has 0 aliphatic rings. The van der Waals surface area contributed by atoms with Gasteiger partial charge in [-0.1, -0.05) is 12.8 Å². The van der Waals surface area contributed by atoms with Crippen LogP contribution in [0.4, 0.5) is 0 Å². The van der Waals surface area contributed by atoms with Gasteiger partial charge < -0.3 is 19.5 Å². The molecule has 0 saturated heterocycles. The van der Waals surface area contributed by atoms with Gasteiger partial charge in [-0.3, -0.25) is 0 Å². The Morgan fingerprint density at radius 1 is 0.750 bits per heavy atom. The van der Waals surface area contributed by atoms with E-state index >= 15 is 0 Å². The van der Waals surface area contributed by atoms with Crippen LogP contribution in [-0.4, -0.2) is 53.7 Å². The summed E-state index contributed by atoms with van der Waals surface area (Å²) in [6.07, 6.45) is 4.96. The number of unbranched alkanes of at least 4 members (excludes halogenated alkanes) is 3. The zero-order chi connectivity index (χ0) is 11.9. The SMILES string of the molecule is CNCCCCCCOCCOCCOC. The first-order valence-corrected chi connectivity index (χ1v) is 6.21. The van der Waals surface area contributed by atoms with E-state index in [0.717, 1.165) is 19.6 Å². The summed E-state index contributed by atoms with van der Waals surface area (Å²) >= 11 is 0. The molecule has 0 atom stereocenters. The Kier molecular flexibility index (Phi) is 14.7. The molecule has 0 amide bonds. The van der Waals surface area contributed by atoms with Crippen molar-refractivity contribution in [1.82, 2.24) is 5.32 Å². The highest BCUT2D eigenvalue weighted by atomic mass is 16.5. The van der Waals surface area contributed by atoms with Gasteiger partial charge in [-0.15, -0.1) is 0 Å². The molecule has 0 bridgehead atoms. The molecule has 0 spiro atoms. The van der Waals surface area contributed by atoms with Gasteiger partial charge in [0.1, 0.15) is 0 Å². The van der Waals surface area contributed by atoms with E-state index in [2.05, 4.69) is 5.32 Å². The summed E-state index contributed by atoms with van der Waals surface area (Å²) in [4.78, 5) is 0. The van der Waals surface area contributed by atoms with Gasteiger partial charge >= 0.3 is 0 Å². The van der Waals surface area contributed by atoms with E-state index in [4.69, 9.17) is 14.2 Å². The smallest absolute Gasteiger partial charge is 0.0701 e. The number of hydrogen-bond acceptors (Lipinski definition) is 4. The second-order valence-corrected chi connectivity index (χ2v) is 3.74. The third-order valence-corrected chi connectivity index (χ3v) is 2.27. The summed E-state index contributed by atoms with van der Waals surface area (Å²) in [7, 11) is 3.67. The molecule has 0 heterocycles. The van der Waals surface area contributed by atoms with Crippen molar-refractivity contribution in [2.45, 2.75) is 25.7 Å². The lowest BCUT2D eigenvalue weighted by atomic mass is 10.2. The van der Waals surface area contributed by atoms with Crippen molar-refractivity contribution in [1.29, 1.82) is 0 Å². The minimum Gasteiger partial charge on any atom is -0.382 e. The monoisotopic (exact) mass is 233 g/mol. The quantitative estimate of drug-likeness (QED) is 0.489. The predicted molar refractivity (Wildman–Crippen MR) is 65.9 cm³/mol. The molecule has 4 nitrogen and oxygen atoms in total. The van der Waals surface area contributed by atoms with Gasteiger partial charge in [-0.2, -0.15) is 0 Å². The Morgan fingerprint density at radius 2 is 1.38 bits per heavy atom. The molecule has 0 aromatic heterocycles. The number of nitrogens with one attached hydrogen (secondary N) is 1. The Balaban J connectivity index is 2.83. The van der Waals surface area contributed by atoms with Gasteiger partial charge in [-0.05, 0) is 26.4 Å². The molecule has 0 aliphatic carbocycles. The minimum absolute atomic E-state index is 0.657. The van der Waals surface area contributed by atoms with Crippen LogP contribution in [0.25, 0.3) is 0 Å². The van der Waals surface area contributed by atoms with E-state index in [1.165, 1.54) is 19.3 Å². The van der Waals surface area contributed by atoms with Crippen LogP contribution in [-0.2, 0) is 14.2 Å². The normalized spacial score (nSPS) is 10.9. The Morgan fingerprint density at radius 3 is 2.06 bits per heavy atom. The van der Waals surface area contributed by atoms with Crippen LogP contribution in [0.2, 0.25) is 0 Å². The second kappa shape index (κ2) is 14.8. The molecule has 0 saturated carbocycles. The maximum Gasteiger partial charge on any atom is 0.0701 e. The zero-order valence-corrected chi connectivity index (χ0v) is 10.8. The molecular weight excluding hydrogens is 206 g/mol. The molecule has 16 heavy (non-hydrogen) atoms. The number of hydrogen-bond donors (Lipinski definition) is 1. The molecule has 0 radical (unpaired) electrons. The average Bonchev–Trinajstić information content (AvgIpc) is 2.31. The first-order chi connectivity index (χ1) is 7.91. The van der Waals surface area contributed by atoms with Crippen LogP contribution in [0.1, 0.15) is 25.7 Å². The lowest BCUT2D eigenvalue weighted by Crippen LogP contribution is -2.09. The van der Waals surface area contributed by atoms with Gasteiger partial charge in [0.05, 0.1) is 26.4 Å². The van der Waals surface area contributed by atoms with E-state index in [-0.39, 0.29) is 0 Å². The highest BCUT2D eigenvalue weighted by Gasteiger charge is 1.91. The minimum atomic E-state index is 0.657. The molecule has 0 unspecified atom stereocenters. The van der Waals surface area contributed by atoms with Crippen LogP contribution >= 0.6 is 0 Å². The van der Waals surface area contributed by atoms with Crippen molar-refractivity contribution in [2.24, 2.45) is 0 Å². The summed E-state index contributed by atoms with van der Waals surface area (Å²) in [5, 5.41) is 3.15. The predicted octanol–water partition coefficient (Wildman–Crippen LogP) is 1.45. The van der Waals surface area contributed by atoms with Crippen molar-refractivity contribution in [3.05, 3.63) is 0 Å². The molecule has 0 fully saturated rings. The first-order valence-electron chi connectivity index (χ1n) is 6.21. The summed E-state index contributed by atoms with van der Waals surface area (Å²) in [6.45, 7) is 4.65. The molecule has 1 N–H and O–H groups in total. The number of ether oxygens (including phenoxy) is 3. The van der Waals surface area contributed by atoms with E-state index in [0.29, 0.717) is 26.4 Å². The maximum absolute atomic E-state index is 5.44. The highest BCUT2D eigenvalue weighted by Crippen LogP contribution is 1.98. The van der Waals surface area contributed by atoms with Crippen molar-refractivity contribution in [3.8, 4) is 0 Å². The fourth-order valence-electron chi connectivity index (χ4n) is 1.32. The summed E-state index contributed by atoms with van der Waals surface area (Å²) in [5.74, 6) is 0.